The number of hydrogen-bond donors (Lipinski definition) is 1. The van der Waals surface area contributed by atoms with Crippen molar-refractivity contribution in [3.05, 3.63) is 35.9 Å². The smallest absolute Gasteiger partial charge is 0.221 e. The number of methoxy groups -OCH3 is 1. The standard InChI is InChI=1S/C16H24N2O3/c1-14(19)18(11-8-15-6-4-3-5-7-15)12-9-16(20)17-10-13-21-2/h3-7H,8-13H2,1-2H3,(H,17,20). The summed E-state index contributed by atoms with van der Waals surface area (Å²) in [6.45, 7) is 3.61. The molecule has 5 heteroatoms. The minimum atomic E-state index is -0.0574. The summed E-state index contributed by atoms with van der Waals surface area (Å²) in [5.74, 6) is -0.0615. The topological polar surface area (TPSA) is 58.6 Å². The quantitative estimate of drug-likeness (QED) is 0.696. The second kappa shape index (κ2) is 9.94. The number of amides is 2. The van der Waals surface area contributed by atoms with Crippen LogP contribution in [0.3, 0.4) is 0 Å². The SMILES string of the molecule is COCCNC(=O)CCN(CCc1ccccc1)C(C)=O. The average molecular weight is 292 g/mol. The molecule has 0 spiro atoms. The van der Waals surface area contributed by atoms with Crippen LogP contribution in [-0.2, 0) is 20.7 Å². The fourth-order valence-corrected chi connectivity index (χ4v) is 1.95. The van der Waals surface area contributed by atoms with Crippen LogP contribution in [0.1, 0.15) is 18.9 Å². The van der Waals surface area contributed by atoms with Crippen molar-refractivity contribution in [2.45, 2.75) is 19.8 Å². The number of carbonyl (C=O) groups is 2. The molecule has 1 aromatic carbocycles. The van der Waals surface area contributed by atoms with Gasteiger partial charge in [-0.1, -0.05) is 30.3 Å². The van der Waals surface area contributed by atoms with Crippen molar-refractivity contribution in [1.29, 1.82) is 0 Å². The molecule has 0 fully saturated rings. The number of rotatable bonds is 9. The maximum absolute atomic E-state index is 11.6. The summed E-state index contributed by atoms with van der Waals surface area (Å²) in [6, 6.07) is 10.0. The van der Waals surface area contributed by atoms with Gasteiger partial charge < -0.3 is 15.0 Å². The van der Waals surface area contributed by atoms with E-state index >= 15 is 0 Å². The van der Waals surface area contributed by atoms with Gasteiger partial charge in [-0.15, -0.1) is 0 Å². The van der Waals surface area contributed by atoms with E-state index in [9.17, 15) is 9.59 Å². The first-order chi connectivity index (χ1) is 10.1. The summed E-state index contributed by atoms with van der Waals surface area (Å²) in [5.41, 5.74) is 1.19. The van der Waals surface area contributed by atoms with Crippen LogP contribution in [0.15, 0.2) is 30.3 Å². The molecule has 116 valence electrons. The molecule has 0 bridgehead atoms. The molecular formula is C16H24N2O3. The third kappa shape index (κ3) is 7.46. The molecule has 0 aliphatic carbocycles. The monoisotopic (exact) mass is 292 g/mol. The summed E-state index contributed by atoms with van der Waals surface area (Å²) >= 11 is 0. The Morgan fingerprint density at radius 3 is 2.52 bits per heavy atom. The van der Waals surface area contributed by atoms with E-state index in [1.165, 1.54) is 12.5 Å². The lowest BCUT2D eigenvalue weighted by molar-refractivity contribution is -0.129. The number of carbonyl (C=O) groups excluding carboxylic acids is 2. The van der Waals surface area contributed by atoms with Gasteiger partial charge in [0, 0.05) is 40.1 Å². The molecule has 21 heavy (non-hydrogen) atoms. The maximum Gasteiger partial charge on any atom is 0.221 e. The first-order valence-electron chi connectivity index (χ1n) is 7.18. The molecule has 0 saturated carbocycles. The second-order valence-electron chi connectivity index (χ2n) is 4.83. The van der Waals surface area contributed by atoms with Crippen LogP contribution in [0.5, 0.6) is 0 Å². The third-order valence-corrected chi connectivity index (χ3v) is 3.20. The fourth-order valence-electron chi connectivity index (χ4n) is 1.95. The van der Waals surface area contributed by atoms with E-state index in [1.807, 2.05) is 30.3 Å². The van der Waals surface area contributed by atoms with E-state index in [1.54, 1.807) is 12.0 Å². The summed E-state index contributed by atoms with van der Waals surface area (Å²) in [5, 5.41) is 2.75. The molecule has 0 heterocycles. The average Bonchev–Trinajstić information content (AvgIpc) is 2.48. The van der Waals surface area contributed by atoms with Gasteiger partial charge in [0.2, 0.25) is 11.8 Å². The minimum Gasteiger partial charge on any atom is -0.383 e. The minimum absolute atomic E-state index is 0.00405. The van der Waals surface area contributed by atoms with Gasteiger partial charge in [0.05, 0.1) is 6.61 Å². The molecule has 2 amide bonds. The van der Waals surface area contributed by atoms with E-state index in [4.69, 9.17) is 4.74 Å². The first kappa shape index (κ1) is 17.2. The molecule has 5 nitrogen and oxygen atoms in total. The predicted octanol–water partition coefficient (Wildman–Crippen LogP) is 1.23. The van der Waals surface area contributed by atoms with Gasteiger partial charge in [-0.25, -0.2) is 0 Å². The van der Waals surface area contributed by atoms with Gasteiger partial charge >= 0.3 is 0 Å². The van der Waals surface area contributed by atoms with Crippen molar-refractivity contribution < 1.29 is 14.3 Å². The van der Waals surface area contributed by atoms with E-state index in [0.29, 0.717) is 32.7 Å². The Hall–Kier alpha value is -1.88. The molecule has 0 saturated heterocycles. The zero-order valence-corrected chi connectivity index (χ0v) is 12.8. The van der Waals surface area contributed by atoms with Gasteiger partial charge in [0.15, 0.2) is 0 Å². The Morgan fingerprint density at radius 2 is 1.90 bits per heavy atom. The summed E-state index contributed by atoms with van der Waals surface area (Å²) in [4.78, 5) is 24.9. The Balaban J connectivity index is 2.33. The van der Waals surface area contributed by atoms with Crippen molar-refractivity contribution in [2.75, 3.05) is 33.4 Å². The number of nitrogens with one attached hydrogen (secondary N) is 1. The van der Waals surface area contributed by atoms with Crippen LogP contribution < -0.4 is 5.32 Å². The van der Waals surface area contributed by atoms with Gasteiger partial charge in [-0.05, 0) is 12.0 Å². The van der Waals surface area contributed by atoms with Gasteiger partial charge in [-0.2, -0.15) is 0 Å². The largest absolute Gasteiger partial charge is 0.383 e. The van der Waals surface area contributed by atoms with E-state index in [-0.39, 0.29) is 11.8 Å². The molecule has 1 N–H and O–H groups in total. The number of hydrogen-bond acceptors (Lipinski definition) is 3. The van der Waals surface area contributed by atoms with Crippen LogP contribution in [0.4, 0.5) is 0 Å². The molecule has 0 aliphatic rings. The zero-order chi connectivity index (χ0) is 15.5. The van der Waals surface area contributed by atoms with Crippen LogP contribution in [0.2, 0.25) is 0 Å². The molecule has 0 unspecified atom stereocenters. The lowest BCUT2D eigenvalue weighted by Crippen LogP contribution is -2.35. The van der Waals surface area contributed by atoms with Crippen molar-refractivity contribution in [3.63, 3.8) is 0 Å². The number of benzene rings is 1. The predicted molar refractivity (Wildman–Crippen MR) is 81.9 cm³/mol. The van der Waals surface area contributed by atoms with Crippen molar-refractivity contribution in [1.82, 2.24) is 10.2 Å². The van der Waals surface area contributed by atoms with Crippen LogP contribution >= 0.6 is 0 Å². The third-order valence-electron chi connectivity index (χ3n) is 3.20. The van der Waals surface area contributed by atoms with Crippen molar-refractivity contribution >= 4 is 11.8 Å². The number of nitrogens with zero attached hydrogens (tertiary/aromatic N) is 1. The van der Waals surface area contributed by atoms with Crippen LogP contribution in [-0.4, -0.2) is 50.1 Å². The molecule has 0 radical (unpaired) electrons. The second-order valence-corrected chi connectivity index (χ2v) is 4.83. The Kier molecular flexibility index (Phi) is 8.12. The normalized spacial score (nSPS) is 10.2. The van der Waals surface area contributed by atoms with E-state index < -0.39 is 0 Å². The molecule has 1 aromatic rings. The van der Waals surface area contributed by atoms with Crippen molar-refractivity contribution in [3.8, 4) is 0 Å². The number of ether oxygens (including phenoxy) is 1. The molecule has 0 aliphatic heterocycles. The molecular weight excluding hydrogens is 268 g/mol. The Labute approximate surface area is 126 Å². The van der Waals surface area contributed by atoms with Gasteiger partial charge in [0.25, 0.3) is 0 Å². The van der Waals surface area contributed by atoms with Crippen LogP contribution in [0.25, 0.3) is 0 Å². The Bertz CT molecular complexity index is 434. The Morgan fingerprint density at radius 1 is 1.19 bits per heavy atom. The fraction of sp³-hybridized carbons (Fsp3) is 0.500. The van der Waals surface area contributed by atoms with E-state index in [0.717, 1.165) is 6.42 Å². The zero-order valence-electron chi connectivity index (χ0n) is 12.8. The highest BCUT2D eigenvalue weighted by Crippen LogP contribution is 2.02. The summed E-state index contributed by atoms with van der Waals surface area (Å²) in [6.07, 6.45) is 1.11. The molecule has 0 atom stereocenters. The molecule has 1 rings (SSSR count). The van der Waals surface area contributed by atoms with Gasteiger partial charge in [-0.3, -0.25) is 9.59 Å². The maximum atomic E-state index is 11.6. The first-order valence-corrected chi connectivity index (χ1v) is 7.18. The van der Waals surface area contributed by atoms with Crippen LogP contribution in [0, 0.1) is 0 Å². The van der Waals surface area contributed by atoms with Crippen molar-refractivity contribution in [2.24, 2.45) is 0 Å². The van der Waals surface area contributed by atoms with E-state index in [2.05, 4.69) is 5.32 Å². The highest BCUT2D eigenvalue weighted by molar-refractivity contribution is 5.78. The lowest BCUT2D eigenvalue weighted by atomic mass is 10.1. The van der Waals surface area contributed by atoms with Gasteiger partial charge in [0.1, 0.15) is 0 Å². The summed E-state index contributed by atoms with van der Waals surface area (Å²) in [7, 11) is 1.59. The summed E-state index contributed by atoms with van der Waals surface area (Å²) < 4.78 is 4.86. The molecule has 0 aromatic heterocycles. The highest BCUT2D eigenvalue weighted by Gasteiger charge is 2.11. The highest BCUT2D eigenvalue weighted by atomic mass is 16.5. The lowest BCUT2D eigenvalue weighted by Gasteiger charge is -2.20.